The Bertz CT molecular complexity index is 525. The summed E-state index contributed by atoms with van der Waals surface area (Å²) in [7, 11) is 0. The molecule has 1 aromatic carbocycles. The number of hydrogen-bond donors (Lipinski definition) is 2. The molecule has 1 aliphatic rings. The van der Waals surface area contributed by atoms with E-state index in [1.165, 1.54) is 0 Å². The molecule has 19 heavy (non-hydrogen) atoms. The predicted octanol–water partition coefficient (Wildman–Crippen LogP) is 2.42. The van der Waals surface area contributed by atoms with Gasteiger partial charge in [0.15, 0.2) is 5.96 Å². The summed E-state index contributed by atoms with van der Waals surface area (Å²) < 4.78 is 0. The average molecular weight is 280 g/mol. The highest BCUT2D eigenvalue weighted by atomic mass is 35.5. The van der Waals surface area contributed by atoms with E-state index < -0.39 is 0 Å². The third kappa shape index (κ3) is 3.26. The van der Waals surface area contributed by atoms with Crippen molar-refractivity contribution in [3.8, 4) is 0 Å². The van der Waals surface area contributed by atoms with Crippen LogP contribution >= 0.6 is 11.6 Å². The van der Waals surface area contributed by atoms with E-state index in [2.05, 4.69) is 29.5 Å². The fraction of sp³-hybridized carbons (Fsp3) is 0.429. The first kappa shape index (κ1) is 13.9. The second-order valence-electron chi connectivity index (χ2n) is 5.15. The molecule has 1 aromatic rings. The van der Waals surface area contributed by atoms with Crippen molar-refractivity contribution in [2.45, 2.75) is 26.8 Å². The summed E-state index contributed by atoms with van der Waals surface area (Å²) >= 11 is 5.93. The minimum Gasteiger partial charge on any atom is -0.340 e. The van der Waals surface area contributed by atoms with Crippen LogP contribution < -0.4 is 10.6 Å². The molecule has 1 aliphatic heterocycles. The Balaban J connectivity index is 2.18. The van der Waals surface area contributed by atoms with Crippen LogP contribution in [0.15, 0.2) is 23.2 Å². The van der Waals surface area contributed by atoms with E-state index in [4.69, 9.17) is 11.6 Å². The molecule has 1 heterocycles. The lowest BCUT2D eigenvalue weighted by Crippen LogP contribution is -2.26. The van der Waals surface area contributed by atoms with Gasteiger partial charge in [0, 0.05) is 11.6 Å². The lowest BCUT2D eigenvalue weighted by molar-refractivity contribution is -0.120. The van der Waals surface area contributed by atoms with Gasteiger partial charge in [-0.3, -0.25) is 15.1 Å². The van der Waals surface area contributed by atoms with Crippen molar-refractivity contribution in [3.05, 3.63) is 34.3 Å². The number of carbonyl (C=O) groups is 1. The fourth-order valence-electron chi connectivity index (χ4n) is 1.97. The largest absolute Gasteiger partial charge is 0.340 e. The number of guanidine groups is 1. The summed E-state index contributed by atoms with van der Waals surface area (Å²) in [4.78, 5) is 16.3. The number of carbonyl (C=O) groups excluding carboxylic acids is 1. The third-order valence-corrected chi connectivity index (χ3v) is 3.18. The summed E-state index contributed by atoms with van der Waals surface area (Å²) in [6, 6.07) is 5.14. The molecular weight excluding hydrogens is 262 g/mol. The van der Waals surface area contributed by atoms with Crippen molar-refractivity contribution in [2.24, 2.45) is 10.9 Å². The molecule has 0 saturated carbocycles. The third-order valence-electron chi connectivity index (χ3n) is 2.94. The van der Waals surface area contributed by atoms with Gasteiger partial charge in [-0.1, -0.05) is 31.5 Å². The molecule has 2 rings (SSSR count). The number of rotatable bonds is 3. The summed E-state index contributed by atoms with van der Waals surface area (Å²) in [5.74, 6) is 0.938. The average Bonchev–Trinajstić information content (AvgIpc) is 2.68. The summed E-state index contributed by atoms with van der Waals surface area (Å²) in [5.41, 5.74) is 1.92. The Morgan fingerprint density at radius 3 is 2.79 bits per heavy atom. The van der Waals surface area contributed by atoms with Gasteiger partial charge in [0.25, 0.3) is 5.91 Å². The standard InChI is InChI=1S/C14H18ClN3O/c1-8(2)7-16-14-17-12(13(19)18-14)11-5-4-10(15)6-9(11)3/h4-6,8,12H,7H2,1-3H3,(H2,16,17,18,19). The van der Waals surface area contributed by atoms with E-state index in [1.54, 1.807) is 6.07 Å². The first-order chi connectivity index (χ1) is 8.97. The van der Waals surface area contributed by atoms with Crippen LogP contribution in [0.25, 0.3) is 0 Å². The predicted molar refractivity (Wildman–Crippen MR) is 77.3 cm³/mol. The lowest BCUT2D eigenvalue weighted by atomic mass is 10.0. The minimum absolute atomic E-state index is 0.0760. The van der Waals surface area contributed by atoms with Crippen LogP contribution in [0.4, 0.5) is 0 Å². The van der Waals surface area contributed by atoms with Crippen LogP contribution in [0, 0.1) is 12.8 Å². The first-order valence-electron chi connectivity index (χ1n) is 6.35. The Kier molecular flexibility index (Phi) is 4.10. The van der Waals surface area contributed by atoms with Crippen molar-refractivity contribution in [1.82, 2.24) is 10.6 Å². The molecule has 1 fully saturated rings. The maximum Gasteiger partial charge on any atom is 0.253 e. The molecular formula is C14H18ClN3O. The molecule has 2 N–H and O–H groups in total. The zero-order valence-electron chi connectivity index (χ0n) is 11.3. The summed E-state index contributed by atoms with van der Waals surface area (Å²) in [6.07, 6.45) is 0. The van der Waals surface area contributed by atoms with Gasteiger partial charge >= 0.3 is 0 Å². The van der Waals surface area contributed by atoms with Crippen LogP contribution in [-0.4, -0.2) is 18.4 Å². The zero-order valence-corrected chi connectivity index (χ0v) is 12.1. The molecule has 4 nitrogen and oxygen atoms in total. The highest BCUT2D eigenvalue weighted by Gasteiger charge is 2.30. The lowest BCUT2D eigenvalue weighted by Gasteiger charge is -2.11. The molecule has 1 unspecified atom stereocenters. The van der Waals surface area contributed by atoms with Gasteiger partial charge in [0.05, 0.1) is 0 Å². The van der Waals surface area contributed by atoms with Gasteiger partial charge < -0.3 is 5.32 Å². The maximum absolute atomic E-state index is 12.0. The second-order valence-corrected chi connectivity index (χ2v) is 5.59. The van der Waals surface area contributed by atoms with Crippen LogP contribution in [-0.2, 0) is 4.79 Å². The monoisotopic (exact) mass is 279 g/mol. The number of amides is 1. The van der Waals surface area contributed by atoms with Crippen molar-refractivity contribution >= 4 is 23.5 Å². The number of nitrogens with zero attached hydrogens (tertiary/aromatic N) is 1. The van der Waals surface area contributed by atoms with Crippen LogP contribution in [0.2, 0.25) is 5.02 Å². The highest BCUT2D eigenvalue weighted by molar-refractivity contribution is 6.30. The molecule has 0 radical (unpaired) electrons. The van der Waals surface area contributed by atoms with E-state index in [-0.39, 0.29) is 11.9 Å². The van der Waals surface area contributed by atoms with E-state index in [0.717, 1.165) is 11.1 Å². The number of aryl methyl sites for hydroxylation is 1. The minimum atomic E-state index is -0.386. The number of halogens is 1. The molecule has 0 spiro atoms. The Hall–Kier alpha value is -1.55. The zero-order chi connectivity index (χ0) is 14.0. The topological polar surface area (TPSA) is 53.5 Å². The molecule has 0 bridgehead atoms. The SMILES string of the molecule is Cc1cc(Cl)ccc1C1NC(=NCC(C)C)NC1=O. The molecule has 1 amide bonds. The summed E-state index contributed by atoms with van der Waals surface area (Å²) in [6.45, 7) is 6.80. The van der Waals surface area contributed by atoms with Crippen LogP contribution in [0.5, 0.6) is 0 Å². The molecule has 0 aromatic heterocycles. The van der Waals surface area contributed by atoms with Gasteiger partial charge in [-0.2, -0.15) is 0 Å². The van der Waals surface area contributed by atoms with Gasteiger partial charge in [0.1, 0.15) is 6.04 Å². The highest BCUT2D eigenvalue weighted by Crippen LogP contribution is 2.23. The molecule has 0 aliphatic carbocycles. The normalized spacial score (nSPS) is 20.8. The van der Waals surface area contributed by atoms with Gasteiger partial charge in [0.2, 0.25) is 0 Å². The molecule has 1 saturated heterocycles. The second kappa shape index (κ2) is 5.61. The molecule has 102 valence electrons. The first-order valence-corrected chi connectivity index (χ1v) is 6.73. The fourth-order valence-corrected chi connectivity index (χ4v) is 2.19. The number of nitrogens with one attached hydrogen (secondary N) is 2. The number of aliphatic imine (C=N–C) groups is 1. The maximum atomic E-state index is 12.0. The number of hydrogen-bond acceptors (Lipinski definition) is 2. The Morgan fingerprint density at radius 2 is 2.16 bits per heavy atom. The summed E-state index contributed by atoms with van der Waals surface area (Å²) in [5, 5.41) is 6.56. The number of benzene rings is 1. The van der Waals surface area contributed by atoms with Gasteiger partial charge in [-0.25, -0.2) is 0 Å². The van der Waals surface area contributed by atoms with Crippen molar-refractivity contribution < 1.29 is 4.79 Å². The molecule has 5 heteroatoms. The van der Waals surface area contributed by atoms with E-state index >= 15 is 0 Å². The van der Waals surface area contributed by atoms with E-state index in [0.29, 0.717) is 23.4 Å². The van der Waals surface area contributed by atoms with Crippen LogP contribution in [0.3, 0.4) is 0 Å². The van der Waals surface area contributed by atoms with E-state index in [1.807, 2.05) is 19.1 Å². The van der Waals surface area contributed by atoms with Crippen molar-refractivity contribution in [1.29, 1.82) is 0 Å². The molecule has 1 atom stereocenters. The van der Waals surface area contributed by atoms with E-state index in [9.17, 15) is 4.79 Å². The van der Waals surface area contributed by atoms with Crippen molar-refractivity contribution in [3.63, 3.8) is 0 Å². The quantitative estimate of drug-likeness (QED) is 0.893. The Labute approximate surface area is 118 Å². The van der Waals surface area contributed by atoms with Gasteiger partial charge in [-0.15, -0.1) is 0 Å². The van der Waals surface area contributed by atoms with Crippen molar-refractivity contribution in [2.75, 3.05) is 6.54 Å². The van der Waals surface area contributed by atoms with Gasteiger partial charge in [-0.05, 0) is 36.1 Å². The Morgan fingerprint density at radius 1 is 1.42 bits per heavy atom. The smallest absolute Gasteiger partial charge is 0.253 e. The van der Waals surface area contributed by atoms with Crippen LogP contribution in [0.1, 0.15) is 31.0 Å².